The van der Waals surface area contributed by atoms with Crippen molar-refractivity contribution >= 4 is 23.8 Å². The van der Waals surface area contributed by atoms with Crippen molar-refractivity contribution in [2.75, 3.05) is 0 Å². The molecule has 0 bridgehead atoms. The first-order valence-corrected chi connectivity index (χ1v) is 19.0. The third kappa shape index (κ3) is 34.2. The first-order valence-electron chi connectivity index (χ1n) is 19.0. The molecular weight excluding hydrogens is 616 g/mol. The molecule has 2 amide bonds. The fourth-order valence-corrected chi connectivity index (χ4v) is 5.15. The van der Waals surface area contributed by atoms with Gasteiger partial charge in [0.2, 0.25) is 11.8 Å². The minimum atomic E-state index is -1.15. The van der Waals surface area contributed by atoms with Gasteiger partial charge in [-0.1, -0.05) is 106 Å². The summed E-state index contributed by atoms with van der Waals surface area (Å²) in [7, 11) is 0. The number of nitrogens with one attached hydrogen (secondary N) is 1. The van der Waals surface area contributed by atoms with Crippen LogP contribution < -0.4 is 11.1 Å². The van der Waals surface area contributed by atoms with E-state index in [1.807, 2.05) is 6.92 Å². The van der Waals surface area contributed by atoms with E-state index in [9.17, 15) is 19.2 Å². The van der Waals surface area contributed by atoms with Gasteiger partial charge in [-0.05, 0) is 96.8 Å². The van der Waals surface area contributed by atoms with Crippen LogP contribution in [0, 0.1) is 0 Å². The van der Waals surface area contributed by atoms with E-state index in [4.69, 9.17) is 15.6 Å². The normalized spacial score (nSPS) is 13.3. The van der Waals surface area contributed by atoms with Gasteiger partial charge < -0.3 is 20.9 Å². The second-order valence-corrected chi connectivity index (χ2v) is 12.8. The molecule has 0 aromatic carbocycles. The van der Waals surface area contributed by atoms with E-state index in [2.05, 4.69) is 73.0 Å². The highest BCUT2D eigenvalue weighted by Crippen LogP contribution is 2.12. The summed E-state index contributed by atoms with van der Waals surface area (Å²) in [6, 6.07) is -1.07. The summed E-state index contributed by atoms with van der Waals surface area (Å²) in [6.45, 7) is 4.14. The molecule has 8 nitrogen and oxygen atoms in total. The highest BCUT2D eigenvalue weighted by atomic mass is 16.5. The monoisotopic (exact) mass is 685 g/mol. The van der Waals surface area contributed by atoms with Gasteiger partial charge in [0.15, 0.2) is 0 Å². The van der Waals surface area contributed by atoms with Crippen LogP contribution in [0.4, 0.5) is 0 Å². The lowest BCUT2D eigenvalue weighted by molar-refractivity contribution is -0.148. The predicted octanol–water partition coefficient (Wildman–Crippen LogP) is 9.75. The Morgan fingerprint density at radius 3 is 1.61 bits per heavy atom. The number of carboxylic acid groups (broad SMARTS) is 1. The average Bonchev–Trinajstić information content (AvgIpc) is 3.06. The summed E-state index contributed by atoms with van der Waals surface area (Å²) in [5, 5.41) is 11.6. The first-order chi connectivity index (χ1) is 23.8. The van der Waals surface area contributed by atoms with Gasteiger partial charge in [-0.15, -0.1) is 0 Å². The van der Waals surface area contributed by atoms with E-state index in [1.54, 1.807) is 0 Å². The van der Waals surface area contributed by atoms with E-state index in [0.717, 1.165) is 96.3 Å². The topological polar surface area (TPSA) is 136 Å². The van der Waals surface area contributed by atoms with Crippen LogP contribution in [-0.2, 0) is 23.9 Å². The lowest BCUT2D eigenvalue weighted by Gasteiger charge is -2.13. The van der Waals surface area contributed by atoms with E-state index in [0.29, 0.717) is 12.8 Å². The number of rotatable bonds is 33. The van der Waals surface area contributed by atoms with Crippen molar-refractivity contribution < 1.29 is 29.0 Å². The third-order valence-electron chi connectivity index (χ3n) is 8.04. The number of hydrogen-bond donors (Lipinski definition) is 3. The molecular formula is C41H68N2O6. The van der Waals surface area contributed by atoms with Crippen LogP contribution >= 0.6 is 0 Å². The lowest BCUT2D eigenvalue weighted by Crippen LogP contribution is -2.41. The summed E-state index contributed by atoms with van der Waals surface area (Å²) in [6.07, 6.45) is 42.4. The molecule has 2 atom stereocenters. The molecule has 49 heavy (non-hydrogen) atoms. The Balaban J connectivity index is 3.62. The minimum Gasteiger partial charge on any atom is -0.480 e. The van der Waals surface area contributed by atoms with Gasteiger partial charge in [0.05, 0.1) is 6.10 Å². The largest absolute Gasteiger partial charge is 0.480 e. The molecule has 0 unspecified atom stereocenters. The molecule has 0 saturated heterocycles. The zero-order chi connectivity index (χ0) is 36.2. The Kier molecular flexibility index (Phi) is 32.0. The standard InChI is InChI=1S/C41H68N2O6/c1-3-4-5-6-7-8-9-10-11-15-18-21-24-27-30-33-40(46)49-36(2)31-28-25-22-19-16-13-12-14-17-20-23-26-29-32-39(45)43-37(41(47)48)34-35-38(42)44/h4-5,7-8,10-13,19,22,36-37H,3,6,9,14-18,20-21,23-35H2,1-2H3,(H2,42,44)(H,43,45)(H,47,48)/b5-4-,8-7-,11-10-,13-12-,22-19-/t36-,37+/m1/s1. The average molecular weight is 685 g/mol. The summed E-state index contributed by atoms with van der Waals surface area (Å²) >= 11 is 0. The maximum Gasteiger partial charge on any atom is 0.326 e. The molecule has 0 saturated carbocycles. The summed E-state index contributed by atoms with van der Waals surface area (Å²) in [4.78, 5) is 46.2. The molecule has 0 heterocycles. The molecule has 0 aliphatic carbocycles. The molecule has 0 aliphatic heterocycles. The molecule has 0 fully saturated rings. The molecule has 0 aromatic rings. The van der Waals surface area contributed by atoms with Gasteiger partial charge in [0, 0.05) is 19.3 Å². The van der Waals surface area contributed by atoms with E-state index < -0.39 is 17.9 Å². The first kappa shape index (κ1) is 45.6. The van der Waals surface area contributed by atoms with Crippen LogP contribution in [0.2, 0.25) is 0 Å². The van der Waals surface area contributed by atoms with E-state index >= 15 is 0 Å². The van der Waals surface area contributed by atoms with Crippen molar-refractivity contribution in [3.63, 3.8) is 0 Å². The molecule has 278 valence electrons. The van der Waals surface area contributed by atoms with Crippen LogP contribution in [0.1, 0.15) is 162 Å². The molecule has 4 N–H and O–H groups in total. The summed E-state index contributed by atoms with van der Waals surface area (Å²) < 4.78 is 5.59. The van der Waals surface area contributed by atoms with Gasteiger partial charge in [0.25, 0.3) is 0 Å². The second-order valence-electron chi connectivity index (χ2n) is 12.8. The highest BCUT2D eigenvalue weighted by Gasteiger charge is 2.20. The van der Waals surface area contributed by atoms with Gasteiger partial charge in [-0.2, -0.15) is 0 Å². The van der Waals surface area contributed by atoms with Crippen LogP contribution in [0.3, 0.4) is 0 Å². The zero-order valence-electron chi connectivity index (χ0n) is 30.8. The lowest BCUT2D eigenvalue weighted by atomic mass is 10.1. The Bertz CT molecular complexity index is 1010. The number of carbonyl (C=O) groups excluding carboxylic acids is 3. The number of hydrogen-bond acceptors (Lipinski definition) is 5. The maximum absolute atomic E-state index is 12.1. The van der Waals surface area contributed by atoms with Crippen LogP contribution in [0.25, 0.3) is 0 Å². The van der Waals surface area contributed by atoms with Crippen molar-refractivity contribution in [3.8, 4) is 0 Å². The van der Waals surface area contributed by atoms with E-state index in [1.165, 1.54) is 19.3 Å². The Hall–Kier alpha value is -3.42. The molecule has 0 radical (unpaired) electrons. The predicted molar refractivity (Wildman–Crippen MR) is 202 cm³/mol. The number of esters is 1. The smallest absolute Gasteiger partial charge is 0.326 e. The van der Waals surface area contributed by atoms with Crippen molar-refractivity contribution in [2.24, 2.45) is 5.73 Å². The number of carbonyl (C=O) groups is 4. The van der Waals surface area contributed by atoms with Crippen molar-refractivity contribution in [2.45, 2.75) is 174 Å². The Morgan fingerprint density at radius 2 is 1.08 bits per heavy atom. The van der Waals surface area contributed by atoms with Gasteiger partial charge >= 0.3 is 11.9 Å². The van der Waals surface area contributed by atoms with Crippen molar-refractivity contribution in [1.29, 1.82) is 0 Å². The number of carboxylic acids is 1. The van der Waals surface area contributed by atoms with Crippen molar-refractivity contribution in [1.82, 2.24) is 5.32 Å². The summed E-state index contributed by atoms with van der Waals surface area (Å²) in [5.41, 5.74) is 5.06. The number of nitrogens with two attached hydrogens (primary N) is 1. The Labute approximate surface area is 297 Å². The fourth-order valence-electron chi connectivity index (χ4n) is 5.15. The van der Waals surface area contributed by atoms with E-state index in [-0.39, 0.29) is 37.2 Å². The van der Waals surface area contributed by atoms with Crippen LogP contribution in [0.15, 0.2) is 60.8 Å². The number of allylic oxidation sites excluding steroid dienone is 10. The molecule has 8 heteroatoms. The number of unbranched alkanes of at least 4 members (excludes halogenated alkanes) is 11. The quantitative estimate of drug-likeness (QED) is 0.0358. The van der Waals surface area contributed by atoms with Gasteiger partial charge in [-0.3, -0.25) is 14.4 Å². The van der Waals surface area contributed by atoms with Gasteiger partial charge in [0.1, 0.15) is 6.04 Å². The zero-order valence-corrected chi connectivity index (χ0v) is 30.8. The number of amides is 2. The third-order valence-corrected chi connectivity index (χ3v) is 8.04. The highest BCUT2D eigenvalue weighted by molar-refractivity contribution is 5.84. The van der Waals surface area contributed by atoms with Crippen molar-refractivity contribution in [3.05, 3.63) is 60.8 Å². The minimum absolute atomic E-state index is 0.00845. The second kappa shape index (κ2) is 34.4. The maximum atomic E-state index is 12.1. The SMILES string of the molecule is CC/C=C\C/C=C\C/C=C\CCCCCCCC(=O)O[C@H](C)CCC/C=C\C/C=C\CCCCCCCC(=O)N[C@@H](CCC(N)=O)C(=O)O. The number of primary amides is 1. The van der Waals surface area contributed by atoms with Crippen LogP contribution in [-0.4, -0.2) is 41.0 Å². The number of aliphatic carboxylic acids is 1. The fraction of sp³-hybridized carbons (Fsp3) is 0.659. The van der Waals surface area contributed by atoms with Gasteiger partial charge in [-0.25, -0.2) is 4.79 Å². The molecule has 0 aromatic heterocycles. The Morgan fingerprint density at radius 1 is 0.612 bits per heavy atom. The van der Waals surface area contributed by atoms with Crippen LogP contribution in [0.5, 0.6) is 0 Å². The summed E-state index contributed by atoms with van der Waals surface area (Å²) in [5.74, 6) is -2.10. The number of ether oxygens (including phenoxy) is 1. The molecule has 0 aliphatic rings. The molecule has 0 spiro atoms. The molecule has 0 rings (SSSR count).